The monoisotopic (exact) mass is 637 g/mol. The lowest BCUT2D eigenvalue weighted by Crippen LogP contribution is -2.67. The molecule has 1 aromatic rings. The predicted molar refractivity (Wildman–Crippen MR) is 175 cm³/mol. The Hall–Kier alpha value is -2.44. The van der Waals surface area contributed by atoms with Crippen LogP contribution in [0.3, 0.4) is 0 Å². The fourth-order valence-corrected chi connectivity index (χ4v) is 13.1. The van der Waals surface area contributed by atoms with Crippen LogP contribution in [0.5, 0.6) is 0 Å². The molecule has 254 valence electrons. The third kappa shape index (κ3) is 4.78. The molecule has 46 heavy (non-hydrogen) atoms. The lowest BCUT2D eigenvalue weighted by Gasteiger charge is -2.73. The third-order valence-electron chi connectivity index (χ3n) is 15.5. The topological polar surface area (TPSA) is 92.7 Å². The number of ether oxygens (including phenoxy) is 1. The average Bonchev–Trinajstić information content (AvgIpc) is 3.39. The fraction of sp³-hybridized carbons (Fsp3) is 0.769. The van der Waals surface area contributed by atoms with E-state index in [1.165, 1.54) is 24.3 Å². The van der Waals surface area contributed by atoms with Crippen molar-refractivity contribution in [1.82, 2.24) is 5.32 Å². The van der Waals surface area contributed by atoms with Crippen LogP contribution in [0.15, 0.2) is 24.3 Å². The molecule has 0 aliphatic heterocycles. The van der Waals surface area contributed by atoms with E-state index in [0.29, 0.717) is 35.2 Å². The molecule has 1 aromatic carbocycles. The SMILES string of the molecule is CC(C)[C@@H]1CC[C@]2(C(=O)NCC(=O)O)CC[C@]3(C)C(CCC4[C@@]5(C)CC[C@@H](OC(=O)c6ccc(F)cc6)C(C)(C)C5CC[C@]43C)C12. The first-order valence-electron chi connectivity index (χ1n) is 18.0. The van der Waals surface area contributed by atoms with Gasteiger partial charge in [0.25, 0.3) is 0 Å². The smallest absolute Gasteiger partial charge is 0.338 e. The predicted octanol–water partition coefficient (Wildman–Crippen LogP) is 8.29. The highest BCUT2D eigenvalue weighted by molar-refractivity contribution is 5.89. The number of halogens is 1. The number of carbonyl (C=O) groups is 3. The lowest BCUT2D eigenvalue weighted by molar-refractivity contribution is -0.247. The van der Waals surface area contributed by atoms with Crippen LogP contribution >= 0.6 is 0 Å². The van der Waals surface area contributed by atoms with Gasteiger partial charge in [-0.25, -0.2) is 9.18 Å². The highest BCUT2D eigenvalue weighted by atomic mass is 19.1. The minimum atomic E-state index is -0.985. The highest BCUT2D eigenvalue weighted by Gasteiger charge is 2.72. The molecule has 5 fully saturated rings. The number of fused-ring (bicyclic) bond motifs is 7. The van der Waals surface area contributed by atoms with Crippen molar-refractivity contribution >= 4 is 17.8 Å². The van der Waals surface area contributed by atoms with Gasteiger partial charge in [-0.2, -0.15) is 0 Å². The second-order valence-electron chi connectivity index (χ2n) is 17.6. The summed E-state index contributed by atoms with van der Waals surface area (Å²) in [5, 5.41) is 12.2. The molecule has 6 rings (SSSR count). The van der Waals surface area contributed by atoms with Crippen molar-refractivity contribution in [3.8, 4) is 0 Å². The van der Waals surface area contributed by atoms with Crippen molar-refractivity contribution in [2.75, 3.05) is 6.54 Å². The number of hydrogen-bond acceptors (Lipinski definition) is 4. The summed E-state index contributed by atoms with van der Waals surface area (Å²) in [7, 11) is 0. The van der Waals surface area contributed by atoms with Crippen LogP contribution in [0.1, 0.15) is 123 Å². The number of esters is 1. The second kappa shape index (κ2) is 11.3. The Morgan fingerprint density at radius 1 is 0.870 bits per heavy atom. The molecule has 5 aliphatic rings. The van der Waals surface area contributed by atoms with Crippen molar-refractivity contribution in [2.45, 2.75) is 119 Å². The van der Waals surface area contributed by atoms with E-state index in [0.717, 1.165) is 64.2 Å². The van der Waals surface area contributed by atoms with Crippen LogP contribution in [-0.4, -0.2) is 35.6 Å². The van der Waals surface area contributed by atoms with Crippen LogP contribution < -0.4 is 5.32 Å². The molecule has 6 nitrogen and oxygen atoms in total. The van der Waals surface area contributed by atoms with Gasteiger partial charge in [0.1, 0.15) is 18.5 Å². The Labute approximate surface area is 275 Å². The number of benzene rings is 1. The molecular weight excluding hydrogens is 581 g/mol. The average molecular weight is 638 g/mol. The van der Waals surface area contributed by atoms with Crippen LogP contribution in [0.25, 0.3) is 0 Å². The number of hydrogen-bond donors (Lipinski definition) is 2. The van der Waals surface area contributed by atoms with Crippen LogP contribution in [0, 0.1) is 68.4 Å². The molecule has 0 aromatic heterocycles. The summed E-state index contributed by atoms with van der Waals surface area (Å²) in [6.07, 6.45) is 9.89. The summed E-state index contributed by atoms with van der Waals surface area (Å²) in [5.74, 6) is 0.880. The van der Waals surface area contributed by atoms with Gasteiger partial charge in [0.05, 0.1) is 11.0 Å². The van der Waals surface area contributed by atoms with Gasteiger partial charge in [-0.3, -0.25) is 9.59 Å². The van der Waals surface area contributed by atoms with E-state index in [1.807, 2.05) is 0 Å². The summed E-state index contributed by atoms with van der Waals surface area (Å²) < 4.78 is 19.7. The van der Waals surface area contributed by atoms with Crippen LogP contribution in [0.4, 0.5) is 4.39 Å². The van der Waals surface area contributed by atoms with Gasteiger partial charge >= 0.3 is 11.9 Å². The third-order valence-corrected chi connectivity index (χ3v) is 15.5. The van der Waals surface area contributed by atoms with E-state index in [1.54, 1.807) is 0 Å². The van der Waals surface area contributed by atoms with Crippen molar-refractivity contribution in [1.29, 1.82) is 0 Å². The van der Waals surface area contributed by atoms with E-state index in [-0.39, 0.29) is 57.9 Å². The maximum atomic E-state index is 13.9. The zero-order valence-electron chi connectivity index (χ0n) is 29.1. The summed E-state index contributed by atoms with van der Waals surface area (Å²) in [5.41, 5.74) is 0.0721. The normalized spacial score (nSPS) is 42.6. The molecule has 0 spiro atoms. The number of nitrogens with one attached hydrogen (secondary N) is 1. The first kappa shape index (κ1) is 33.5. The second-order valence-corrected chi connectivity index (χ2v) is 17.6. The van der Waals surface area contributed by atoms with E-state index in [2.05, 4.69) is 53.8 Å². The summed E-state index contributed by atoms with van der Waals surface area (Å²) in [6, 6.07) is 5.63. The van der Waals surface area contributed by atoms with Gasteiger partial charge in [0, 0.05) is 5.41 Å². The summed E-state index contributed by atoms with van der Waals surface area (Å²) >= 11 is 0. The zero-order valence-corrected chi connectivity index (χ0v) is 29.1. The molecule has 0 bridgehead atoms. The fourth-order valence-electron chi connectivity index (χ4n) is 13.1. The first-order chi connectivity index (χ1) is 21.5. The first-order valence-corrected chi connectivity index (χ1v) is 18.0. The van der Waals surface area contributed by atoms with Gasteiger partial charge in [-0.1, -0.05) is 48.5 Å². The Morgan fingerprint density at radius 2 is 1.57 bits per heavy atom. The van der Waals surface area contributed by atoms with Gasteiger partial charge in [-0.05, 0) is 140 Å². The molecule has 0 heterocycles. The maximum Gasteiger partial charge on any atom is 0.338 e. The standard InChI is InChI=1S/C39H56FNO5/c1-23(2)26-14-19-39(34(45)41-22-31(42)43)21-20-37(6)27(32(26)39)12-13-29-36(5)17-16-30(35(3,4)28(36)15-18-38(29,37)7)46-33(44)24-8-10-25(40)11-9-24/h8-11,23,26-30,32H,12-22H2,1-7H3,(H,41,45)(H,42,43)/t26-,27?,28?,29?,30+,32?,36-,37+,38+,39-/m0/s1. The molecule has 5 aliphatic carbocycles. The van der Waals surface area contributed by atoms with E-state index in [4.69, 9.17) is 4.74 Å². The molecule has 1 amide bonds. The van der Waals surface area contributed by atoms with Crippen molar-refractivity contribution in [3.05, 3.63) is 35.6 Å². The van der Waals surface area contributed by atoms with Crippen molar-refractivity contribution in [2.24, 2.45) is 62.6 Å². The molecule has 10 atom stereocenters. The van der Waals surface area contributed by atoms with Crippen molar-refractivity contribution < 1.29 is 28.6 Å². The number of carboxylic acid groups (broad SMARTS) is 1. The molecule has 5 saturated carbocycles. The lowest BCUT2D eigenvalue weighted by atomic mass is 9.32. The van der Waals surface area contributed by atoms with E-state index >= 15 is 0 Å². The van der Waals surface area contributed by atoms with Gasteiger partial charge in [0.2, 0.25) is 5.91 Å². The largest absolute Gasteiger partial charge is 0.480 e. The zero-order chi connectivity index (χ0) is 33.4. The molecular formula is C39H56FNO5. The Balaban J connectivity index is 1.28. The molecule has 7 heteroatoms. The Bertz CT molecular complexity index is 1370. The Kier molecular flexibility index (Phi) is 8.24. The van der Waals surface area contributed by atoms with E-state index < -0.39 is 11.4 Å². The minimum absolute atomic E-state index is 0.0247. The maximum absolute atomic E-state index is 13.9. The van der Waals surface area contributed by atoms with Gasteiger partial charge in [0.15, 0.2) is 0 Å². The minimum Gasteiger partial charge on any atom is -0.480 e. The van der Waals surface area contributed by atoms with E-state index in [9.17, 15) is 23.9 Å². The molecule has 4 unspecified atom stereocenters. The molecule has 2 N–H and O–H groups in total. The number of carbonyl (C=O) groups excluding carboxylic acids is 2. The number of aliphatic carboxylic acids is 1. The van der Waals surface area contributed by atoms with Crippen LogP contribution in [0.2, 0.25) is 0 Å². The molecule has 0 radical (unpaired) electrons. The quantitative estimate of drug-likeness (QED) is 0.306. The number of rotatable bonds is 6. The summed E-state index contributed by atoms with van der Waals surface area (Å²) in [4.78, 5) is 38.5. The Morgan fingerprint density at radius 3 is 2.22 bits per heavy atom. The number of carboxylic acids is 1. The van der Waals surface area contributed by atoms with Gasteiger partial charge < -0.3 is 15.2 Å². The van der Waals surface area contributed by atoms with Crippen molar-refractivity contribution in [3.63, 3.8) is 0 Å². The molecule has 0 saturated heterocycles. The van der Waals surface area contributed by atoms with Gasteiger partial charge in [-0.15, -0.1) is 0 Å². The van der Waals surface area contributed by atoms with Crippen LogP contribution in [-0.2, 0) is 14.3 Å². The summed E-state index contributed by atoms with van der Waals surface area (Å²) in [6.45, 7) is 16.6. The number of amides is 1. The highest BCUT2D eigenvalue weighted by Crippen LogP contribution is 2.77.